The van der Waals surface area contributed by atoms with Gasteiger partial charge in [-0.25, -0.2) is 8.42 Å². The Morgan fingerprint density at radius 1 is 0.964 bits per heavy atom. The SMILES string of the molecule is CNC(=O)CS(=O)(=O)C1CCN(C(=O)c2ccc(-c3ccccc3)cc2)CC1. The molecule has 2 amide bonds. The molecule has 1 aliphatic rings. The number of sulfone groups is 1. The fraction of sp³-hybridized carbons (Fsp3) is 0.333. The predicted molar refractivity (Wildman–Crippen MR) is 109 cm³/mol. The number of hydrogen-bond acceptors (Lipinski definition) is 4. The first-order chi connectivity index (χ1) is 13.4. The molecule has 0 spiro atoms. The molecule has 0 unspecified atom stereocenters. The van der Waals surface area contributed by atoms with Crippen LogP contribution in [-0.4, -0.2) is 56.3 Å². The topological polar surface area (TPSA) is 83.6 Å². The molecule has 7 heteroatoms. The average molecular weight is 401 g/mol. The molecule has 0 aliphatic carbocycles. The molecule has 1 fully saturated rings. The van der Waals surface area contributed by atoms with Gasteiger partial charge in [0, 0.05) is 25.7 Å². The van der Waals surface area contributed by atoms with Gasteiger partial charge in [0.2, 0.25) is 5.91 Å². The van der Waals surface area contributed by atoms with Crippen molar-refractivity contribution in [3.05, 3.63) is 60.2 Å². The summed E-state index contributed by atoms with van der Waals surface area (Å²) in [6.45, 7) is 0.744. The maximum absolute atomic E-state index is 12.7. The first-order valence-electron chi connectivity index (χ1n) is 9.27. The fourth-order valence-corrected chi connectivity index (χ4v) is 5.08. The summed E-state index contributed by atoms with van der Waals surface area (Å²) in [6, 6.07) is 17.4. The number of benzene rings is 2. The highest BCUT2D eigenvalue weighted by Gasteiger charge is 2.33. The molecular formula is C21H24N2O4S. The van der Waals surface area contributed by atoms with Gasteiger partial charge in [0.25, 0.3) is 5.91 Å². The van der Waals surface area contributed by atoms with Crippen LogP contribution in [0, 0.1) is 0 Å². The van der Waals surface area contributed by atoms with Crippen molar-refractivity contribution in [3.63, 3.8) is 0 Å². The first-order valence-corrected chi connectivity index (χ1v) is 11.0. The van der Waals surface area contributed by atoms with E-state index in [2.05, 4.69) is 5.32 Å². The molecule has 1 saturated heterocycles. The monoisotopic (exact) mass is 400 g/mol. The minimum absolute atomic E-state index is 0.0956. The number of piperidine rings is 1. The van der Waals surface area contributed by atoms with Gasteiger partial charge in [-0.3, -0.25) is 9.59 Å². The highest BCUT2D eigenvalue weighted by Crippen LogP contribution is 2.22. The molecule has 0 bridgehead atoms. The van der Waals surface area contributed by atoms with Gasteiger partial charge in [-0.1, -0.05) is 42.5 Å². The van der Waals surface area contributed by atoms with Crippen molar-refractivity contribution >= 4 is 21.7 Å². The van der Waals surface area contributed by atoms with Crippen LogP contribution in [0.3, 0.4) is 0 Å². The van der Waals surface area contributed by atoms with E-state index in [1.165, 1.54) is 7.05 Å². The second-order valence-corrected chi connectivity index (χ2v) is 9.20. The number of amides is 2. The summed E-state index contributed by atoms with van der Waals surface area (Å²) in [7, 11) is -2.08. The summed E-state index contributed by atoms with van der Waals surface area (Å²) in [5.41, 5.74) is 2.71. The van der Waals surface area contributed by atoms with E-state index in [9.17, 15) is 18.0 Å². The summed E-state index contributed by atoms with van der Waals surface area (Å²) in [5.74, 6) is -1.10. The third-order valence-electron chi connectivity index (χ3n) is 5.09. The third kappa shape index (κ3) is 4.59. The second-order valence-electron chi connectivity index (χ2n) is 6.92. The van der Waals surface area contributed by atoms with E-state index in [0.29, 0.717) is 31.5 Å². The molecule has 2 aromatic carbocycles. The molecule has 28 heavy (non-hydrogen) atoms. The lowest BCUT2D eigenvalue weighted by Crippen LogP contribution is -2.44. The lowest BCUT2D eigenvalue weighted by molar-refractivity contribution is -0.118. The van der Waals surface area contributed by atoms with Crippen LogP contribution in [0.5, 0.6) is 0 Å². The van der Waals surface area contributed by atoms with Gasteiger partial charge < -0.3 is 10.2 Å². The molecule has 148 valence electrons. The van der Waals surface area contributed by atoms with Crippen molar-refractivity contribution in [3.8, 4) is 11.1 Å². The van der Waals surface area contributed by atoms with E-state index in [-0.39, 0.29) is 5.91 Å². The molecule has 0 atom stereocenters. The van der Waals surface area contributed by atoms with Gasteiger partial charge in [0.05, 0.1) is 5.25 Å². The second kappa shape index (κ2) is 8.56. The zero-order valence-corrected chi connectivity index (χ0v) is 16.6. The Labute approximate surface area is 165 Å². The fourth-order valence-electron chi connectivity index (χ4n) is 3.41. The van der Waals surface area contributed by atoms with Crippen molar-refractivity contribution < 1.29 is 18.0 Å². The lowest BCUT2D eigenvalue weighted by Gasteiger charge is -2.31. The molecule has 1 aliphatic heterocycles. The molecule has 2 aromatic rings. The van der Waals surface area contributed by atoms with Crippen LogP contribution in [0.2, 0.25) is 0 Å². The summed E-state index contributed by atoms with van der Waals surface area (Å²) in [5, 5.41) is 1.77. The number of likely N-dealkylation sites (tertiary alicyclic amines) is 1. The van der Waals surface area contributed by atoms with Gasteiger partial charge in [-0.05, 0) is 36.1 Å². The predicted octanol–water partition coefficient (Wildman–Crippen LogP) is 2.12. The van der Waals surface area contributed by atoms with E-state index in [4.69, 9.17) is 0 Å². The molecule has 1 heterocycles. The van der Waals surface area contributed by atoms with E-state index < -0.39 is 26.7 Å². The van der Waals surface area contributed by atoms with E-state index >= 15 is 0 Å². The van der Waals surface area contributed by atoms with Crippen molar-refractivity contribution in [2.24, 2.45) is 0 Å². The van der Waals surface area contributed by atoms with Crippen molar-refractivity contribution in [2.45, 2.75) is 18.1 Å². The minimum atomic E-state index is -3.49. The van der Waals surface area contributed by atoms with Gasteiger partial charge in [0.15, 0.2) is 9.84 Å². The van der Waals surface area contributed by atoms with E-state index in [0.717, 1.165) is 11.1 Å². The molecule has 1 N–H and O–H groups in total. The summed E-state index contributed by atoms with van der Waals surface area (Å²) >= 11 is 0. The van der Waals surface area contributed by atoms with Crippen LogP contribution in [-0.2, 0) is 14.6 Å². The van der Waals surface area contributed by atoms with Crippen molar-refractivity contribution in [2.75, 3.05) is 25.9 Å². The van der Waals surface area contributed by atoms with Crippen molar-refractivity contribution in [1.29, 1.82) is 0 Å². The normalized spacial score (nSPS) is 15.2. The van der Waals surface area contributed by atoms with Crippen LogP contribution >= 0.6 is 0 Å². The number of nitrogens with zero attached hydrogens (tertiary/aromatic N) is 1. The van der Waals surface area contributed by atoms with Crippen LogP contribution < -0.4 is 5.32 Å². The molecule has 0 radical (unpaired) electrons. The third-order valence-corrected chi connectivity index (χ3v) is 7.24. The van der Waals surface area contributed by atoms with Crippen LogP contribution in [0.15, 0.2) is 54.6 Å². The zero-order chi connectivity index (χ0) is 20.1. The Kier molecular flexibility index (Phi) is 6.14. The van der Waals surface area contributed by atoms with Gasteiger partial charge >= 0.3 is 0 Å². The minimum Gasteiger partial charge on any atom is -0.358 e. The standard InChI is InChI=1S/C21H24N2O4S/c1-22-20(24)15-28(26,27)19-11-13-23(14-12-19)21(25)18-9-7-17(8-10-18)16-5-3-2-4-6-16/h2-10,19H,11-15H2,1H3,(H,22,24). The number of nitrogens with one attached hydrogen (secondary N) is 1. The van der Waals surface area contributed by atoms with Crippen LogP contribution in [0.25, 0.3) is 11.1 Å². The van der Waals surface area contributed by atoms with Gasteiger partial charge in [-0.15, -0.1) is 0 Å². The molecular weight excluding hydrogens is 376 g/mol. The summed E-state index contributed by atoms with van der Waals surface area (Å²) < 4.78 is 24.6. The van der Waals surface area contributed by atoms with E-state index in [1.807, 2.05) is 42.5 Å². The lowest BCUT2D eigenvalue weighted by atomic mass is 10.0. The quantitative estimate of drug-likeness (QED) is 0.833. The Hall–Kier alpha value is -2.67. The highest BCUT2D eigenvalue weighted by molar-refractivity contribution is 7.92. The Balaban J connectivity index is 1.62. The smallest absolute Gasteiger partial charge is 0.253 e. The maximum Gasteiger partial charge on any atom is 0.253 e. The summed E-state index contributed by atoms with van der Waals surface area (Å²) in [4.78, 5) is 25.8. The Morgan fingerprint density at radius 2 is 1.54 bits per heavy atom. The van der Waals surface area contributed by atoms with E-state index in [1.54, 1.807) is 17.0 Å². The molecule has 0 saturated carbocycles. The number of hydrogen-bond donors (Lipinski definition) is 1. The number of carbonyl (C=O) groups is 2. The Bertz CT molecular complexity index is 932. The summed E-state index contributed by atoms with van der Waals surface area (Å²) in [6.07, 6.45) is 0.709. The number of rotatable bonds is 5. The van der Waals surface area contributed by atoms with Gasteiger partial charge in [-0.2, -0.15) is 0 Å². The van der Waals surface area contributed by atoms with Crippen molar-refractivity contribution in [1.82, 2.24) is 10.2 Å². The molecule has 0 aromatic heterocycles. The molecule has 6 nitrogen and oxygen atoms in total. The Morgan fingerprint density at radius 3 is 2.11 bits per heavy atom. The van der Waals surface area contributed by atoms with Crippen LogP contribution in [0.1, 0.15) is 23.2 Å². The first kappa shape index (κ1) is 20.1. The molecule has 3 rings (SSSR count). The highest BCUT2D eigenvalue weighted by atomic mass is 32.2. The van der Waals surface area contributed by atoms with Crippen LogP contribution in [0.4, 0.5) is 0 Å². The largest absolute Gasteiger partial charge is 0.358 e. The van der Waals surface area contributed by atoms with Gasteiger partial charge in [0.1, 0.15) is 5.75 Å². The zero-order valence-electron chi connectivity index (χ0n) is 15.8. The number of carbonyl (C=O) groups excluding carboxylic acids is 2. The maximum atomic E-state index is 12.7. The average Bonchev–Trinajstić information content (AvgIpc) is 2.73.